The minimum absolute atomic E-state index is 0.0807. The Balaban J connectivity index is 4.28. The third kappa shape index (κ3) is 59.7. The highest BCUT2D eigenvalue weighted by atomic mass is 16.6. The Kier molecular flexibility index (Phi) is 59.7. The van der Waals surface area contributed by atoms with Crippen molar-refractivity contribution in [3.8, 4) is 0 Å². The summed E-state index contributed by atoms with van der Waals surface area (Å²) in [6.07, 6.45) is 80.6. The van der Waals surface area contributed by atoms with Crippen LogP contribution in [0.1, 0.15) is 323 Å². The lowest BCUT2D eigenvalue weighted by Gasteiger charge is -2.18. The van der Waals surface area contributed by atoms with E-state index in [4.69, 9.17) is 14.2 Å². The quantitative estimate of drug-likeness (QED) is 0.0261. The first-order valence-electron chi connectivity index (χ1n) is 31.9. The maximum atomic E-state index is 12.9. The van der Waals surface area contributed by atoms with Crippen molar-refractivity contribution in [3.05, 3.63) is 72.9 Å². The van der Waals surface area contributed by atoms with Crippen LogP contribution in [0.5, 0.6) is 0 Å². The van der Waals surface area contributed by atoms with E-state index in [1.165, 1.54) is 180 Å². The molecule has 0 saturated carbocycles. The molecule has 0 aliphatic heterocycles. The largest absolute Gasteiger partial charge is 0.462 e. The van der Waals surface area contributed by atoms with Crippen molar-refractivity contribution in [2.45, 2.75) is 329 Å². The predicted octanol–water partition coefficient (Wildman–Crippen LogP) is 21.7. The lowest BCUT2D eigenvalue weighted by atomic mass is 10.0. The third-order valence-electron chi connectivity index (χ3n) is 13.9. The summed E-state index contributed by atoms with van der Waals surface area (Å²) in [6, 6.07) is 0. The number of esters is 3. The first kappa shape index (κ1) is 70.8. The van der Waals surface area contributed by atoms with Crippen molar-refractivity contribution in [2.75, 3.05) is 13.2 Å². The van der Waals surface area contributed by atoms with Crippen molar-refractivity contribution in [2.24, 2.45) is 0 Å². The lowest BCUT2D eigenvalue weighted by molar-refractivity contribution is -0.167. The molecule has 1 unspecified atom stereocenters. The van der Waals surface area contributed by atoms with Gasteiger partial charge < -0.3 is 14.2 Å². The number of unbranched alkanes of at least 4 members (excludes halogenated alkanes) is 35. The van der Waals surface area contributed by atoms with Crippen LogP contribution in [-0.2, 0) is 28.6 Å². The smallest absolute Gasteiger partial charge is 0.306 e. The van der Waals surface area contributed by atoms with Gasteiger partial charge in [0.15, 0.2) is 6.10 Å². The van der Waals surface area contributed by atoms with Gasteiger partial charge in [-0.2, -0.15) is 0 Å². The van der Waals surface area contributed by atoms with E-state index < -0.39 is 6.10 Å². The number of carbonyl (C=O) groups is 3. The third-order valence-corrected chi connectivity index (χ3v) is 13.9. The molecule has 0 fully saturated rings. The molecular formula is C68H120O6. The Labute approximate surface area is 459 Å². The maximum Gasteiger partial charge on any atom is 0.306 e. The number of carbonyl (C=O) groups excluding carboxylic acids is 3. The molecule has 0 heterocycles. The Hall–Kier alpha value is -3.15. The minimum atomic E-state index is -0.782. The predicted molar refractivity (Wildman–Crippen MR) is 321 cm³/mol. The normalized spacial score (nSPS) is 12.5. The zero-order chi connectivity index (χ0) is 53.6. The zero-order valence-electron chi connectivity index (χ0n) is 49.1. The standard InChI is InChI=1S/C68H120O6/c1-4-7-10-13-16-19-22-24-26-28-30-32-34-36-37-39-41-43-46-49-52-55-58-61-67(70)73-64-65(63-72-66(69)60-57-54-51-48-45-21-18-15-12-9-6-3)74-68(71)62-59-56-53-50-47-44-42-40-38-35-33-31-29-27-25-23-20-17-14-11-8-5-2/h7,10,15-16,18-19,24,26,30,32,36-37,65H,4-6,8-9,11-14,17,20-23,25,27-29,31,33-35,38-64H2,1-3H3/b10-7-,18-15-,19-16-,26-24-,32-30-,37-36-. The van der Waals surface area contributed by atoms with Gasteiger partial charge in [0.2, 0.25) is 0 Å². The van der Waals surface area contributed by atoms with Crippen LogP contribution in [-0.4, -0.2) is 37.2 Å². The van der Waals surface area contributed by atoms with E-state index in [0.717, 1.165) is 103 Å². The Morgan fingerprint density at radius 2 is 0.541 bits per heavy atom. The lowest BCUT2D eigenvalue weighted by Crippen LogP contribution is -2.30. The monoisotopic (exact) mass is 1030 g/mol. The summed E-state index contributed by atoms with van der Waals surface area (Å²) in [5, 5.41) is 0. The van der Waals surface area contributed by atoms with Gasteiger partial charge in [0.1, 0.15) is 13.2 Å². The average Bonchev–Trinajstić information content (AvgIpc) is 3.40. The van der Waals surface area contributed by atoms with Crippen molar-refractivity contribution < 1.29 is 28.6 Å². The minimum Gasteiger partial charge on any atom is -0.462 e. The van der Waals surface area contributed by atoms with Crippen LogP contribution < -0.4 is 0 Å². The van der Waals surface area contributed by atoms with E-state index in [1.807, 2.05) is 0 Å². The fourth-order valence-corrected chi connectivity index (χ4v) is 9.16. The van der Waals surface area contributed by atoms with Gasteiger partial charge >= 0.3 is 17.9 Å². The van der Waals surface area contributed by atoms with Gasteiger partial charge in [0.05, 0.1) is 0 Å². The topological polar surface area (TPSA) is 78.9 Å². The Bertz CT molecular complexity index is 1370. The molecule has 0 aliphatic rings. The van der Waals surface area contributed by atoms with Crippen LogP contribution in [0.4, 0.5) is 0 Å². The molecule has 428 valence electrons. The van der Waals surface area contributed by atoms with Crippen molar-refractivity contribution in [1.82, 2.24) is 0 Å². The molecule has 0 bridgehead atoms. The highest BCUT2D eigenvalue weighted by Gasteiger charge is 2.19. The number of ether oxygens (including phenoxy) is 3. The fourth-order valence-electron chi connectivity index (χ4n) is 9.16. The van der Waals surface area contributed by atoms with E-state index in [1.54, 1.807) is 0 Å². The average molecular weight is 1030 g/mol. The number of allylic oxidation sites excluding steroid dienone is 12. The van der Waals surface area contributed by atoms with Crippen molar-refractivity contribution in [3.63, 3.8) is 0 Å². The second-order valence-corrected chi connectivity index (χ2v) is 21.3. The molecule has 0 aromatic carbocycles. The molecule has 0 amide bonds. The maximum absolute atomic E-state index is 12.9. The second-order valence-electron chi connectivity index (χ2n) is 21.3. The molecule has 74 heavy (non-hydrogen) atoms. The molecule has 0 N–H and O–H groups in total. The van der Waals surface area contributed by atoms with Gasteiger partial charge in [0.25, 0.3) is 0 Å². The molecule has 0 rings (SSSR count). The van der Waals surface area contributed by atoms with Gasteiger partial charge in [-0.1, -0.05) is 293 Å². The van der Waals surface area contributed by atoms with Gasteiger partial charge in [-0.25, -0.2) is 0 Å². The van der Waals surface area contributed by atoms with Crippen LogP contribution in [0.3, 0.4) is 0 Å². The molecular weight excluding hydrogens is 913 g/mol. The molecule has 0 aliphatic carbocycles. The molecule has 0 aromatic heterocycles. The van der Waals surface area contributed by atoms with Crippen LogP contribution in [0.2, 0.25) is 0 Å². The molecule has 1 atom stereocenters. The summed E-state index contributed by atoms with van der Waals surface area (Å²) in [4.78, 5) is 38.2. The van der Waals surface area contributed by atoms with Crippen molar-refractivity contribution >= 4 is 17.9 Å². The van der Waals surface area contributed by atoms with E-state index in [2.05, 4.69) is 93.7 Å². The van der Waals surface area contributed by atoms with E-state index in [0.29, 0.717) is 19.3 Å². The molecule has 6 heteroatoms. The summed E-state index contributed by atoms with van der Waals surface area (Å²) in [5.41, 5.74) is 0. The van der Waals surface area contributed by atoms with Crippen LogP contribution in [0.15, 0.2) is 72.9 Å². The summed E-state index contributed by atoms with van der Waals surface area (Å²) in [5.74, 6) is -0.885. The molecule has 0 spiro atoms. The van der Waals surface area contributed by atoms with Crippen LogP contribution in [0, 0.1) is 0 Å². The Morgan fingerprint density at radius 3 is 0.878 bits per heavy atom. The molecule has 0 aromatic rings. The highest BCUT2D eigenvalue weighted by Crippen LogP contribution is 2.17. The first-order valence-corrected chi connectivity index (χ1v) is 31.9. The van der Waals surface area contributed by atoms with Crippen LogP contribution >= 0.6 is 0 Å². The van der Waals surface area contributed by atoms with Crippen molar-refractivity contribution in [1.29, 1.82) is 0 Å². The van der Waals surface area contributed by atoms with Gasteiger partial charge in [-0.3, -0.25) is 14.4 Å². The summed E-state index contributed by atoms with van der Waals surface area (Å²) in [7, 11) is 0. The van der Waals surface area contributed by atoms with Gasteiger partial charge in [-0.15, -0.1) is 0 Å². The highest BCUT2D eigenvalue weighted by molar-refractivity contribution is 5.71. The number of hydrogen-bond donors (Lipinski definition) is 0. The summed E-state index contributed by atoms with van der Waals surface area (Å²) in [6.45, 7) is 6.51. The molecule has 0 radical (unpaired) electrons. The van der Waals surface area contributed by atoms with E-state index >= 15 is 0 Å². The molecule has 0 saturated heterocycles. The number of hydrogen-bond acceptors (Lipinski definition) is 6. The number of rotatable bonds is 58. The summed E-state index contributed by atoms with van der Waals surface area (Å²) < 4.78 is 16.9. The zero-order valence-corrected chi connectivity index (χ0v) is 49.1. The van der Waals surface area contributed by atoms with E-state index in [-0.39, 0.29) is 31.1 Å². The summed E-state index contributed by atoms with van der Waals surface area (Å²) >= 11 is 0. The molecule has 6 nitrogen and oxygen atoms in total. The van der Waals surface area contributed by atoms with Gasteiger partial charge in [0, 0.05) is 19.3 Å². The fraction of sp³-hybridized carbons (Fsp3) is 0.779. The second kappa shape index (κ2) is 62.4. The van der Waals surface area contributed by atoms with Gasteiger partial charge in [-0.05, 0) is 83.5 Å². The van der Waals surface area contributed by atoms with Crippen LogP contribution in [0.25, 0.3) is 0 Å². The first-order chi connectivity index (χ1) is 36.5. The SMILES string of the molecule is CC/C=C\C/C=C\C/C=C\C/C=C\C/C=C\CCCCCCCCCC(=O)OCC(COC(=O)CCCCCCC/C=C\CCCC)OC(=O)CCCCCCCCCCCCCCCCCCCCCCCC. The van der Waals surface area contributed by atoms with E-state index in [9.17, 15) is 14.4 Å². The Morgan fingerprint density at radius 1 is 0.284 bits per heavy atom.